The van der Waals surface area contributed by atoms with Crippen LogP contribution in [0.1, 0.15) is 6.92 Å². The lowest BCUT2D eigenvalue weighted by atomic mass is 10.1. The summed E-state index contributed by atoms with van der Waals surface area (Å²) in [4.78, 5) is 0. The Kier molecular flexibility index (Phi) is 2.31. The highest BCUT2D eigenvalue weighted by atomic mass is 19.3. The molecular formula is C12H10F2O. The molecule has 0 N–H and O–H groups in total. The summed E-state index contributed by atoms with van der Waals surface area (Å²) < 4.78 is 29.6. The Bertz CT molecular complexity index is 474. The molecule has 0 fully saturated rings. The first-order valence-electron chi connectivity index (χ1n) is 4.60. The molecule has 0 unspecified atom stereocenters. The number of benzene rings is 2. The number of halogens is 2. The lowest BCUT2D eigenvalue weighted by molar-refractivity contribution is -0.158. The van der Waals surface area contributed by atoms with Crippen molar-refractivity contribution in [2.24, 2.45) is 0 Å². The third kappa shape index (κ3) is 2.43. The van der Waals surface area contributed by atoms with Crippen molar-refractivity contribution < 1.29 is 13.5 Å². The molecule has 0 atom stereocenters. The van der Waals surface area contributed by atoms with Crippen molar-refractivity contribution in [2.45, 2.75) is 13.0 Å². The molecule has 0 bridgehead atoms. The Morgan fingerprint density at radius 2 is 1.67 bits per heavy atom. The van der Waals surface area contributed by atoms with Crippen LogP contribution in [0.4, 0.5) is 8.78 Å². The number of ether oxygens (including phenoxy) is 1. The molecule has 1 nitrogen and oxygen atoms in total. The molecule has 0 aromatic heterocycles. The fourth-order valence-electron chi connectivity index (χ4n) is 1.44. The quantitative estimate of drug-likeness (QED) is 0.728. The maximum absolute atomic E-state index is 12.6. The van der Waals surface area contributed by atoms with E-state index >= 15 is 0 Å². The van der Waals surface area contributed by atoms with Crippen molar-refractivity contribution in [3.8, 4) is 5.75 Å². The van der Waals surface area contributed by atoms with Gasteiger partial charge in [0.25, 0.3) is 0 Å². The highest BCUT2D eigenvalue weighted by Gasteiger charge is 2.22. The van der Waals surface area contributed by atoms with E-state index < -0.39 is 6.11 Å². The average Bonchev–Trinajstić information content (AvgIpc) is 2.15. The summed E-state index contributed by atoms with van der Waals surface area (Å²) in [7, 11) is 0. The van der Waals surface area contributed by atoms with E-state index in [0.29, 0.717) is 0 Å². The molecule has 0 heterocycles. The summed E-state index contributed by atoms with van der Waals surface area (Å²) in [5.41, 5.74) is 0. The summed E-state index contributed by atoms with van der Waals surface area (Å²) in [6.45, 7) is 0.724. The molecule has 78 valence electrons. The average molecular weight is 208 g/mol. The molecule has 0 radical (unpaired) electrons. The standard InChI is InChI=1S/C12H10F2O/c1-12(13,14)15-11-7-6-9-4-2-3-5-10(9)8-11/h2-8H,1H3. The zero-order valence-electron chi connectivity index (χ0n) is 8.21. The minimum atomic E-state index is -3.14. The third-order valence-corrected chi connectivity index (χ3v) is 2.02. The van der Waals surface area contributed by atoms with Gasteiger partial charge in [-0.3, -0.25) is 0 Å². The predicted octanol–water partition coefficient (Wildman–Crippen LogP) is 3.83. The van der Waals surface area contributed by atoms with Crippen LogP contribution in [-0.4, -0.2) is 6.11 Å². The van der Waals surface area contributed by atoms with E-state index in [1.807, 2.05) is 24.3 Å². The van der Waals surface area contributed by atoms with Gasteiger partial charge >= 0.3 is 6.11 Å². The van der Waals surface area contributed by atoms with Crippen LogP contribution in [0.5, 0.6) is 5.75 Å². The second-order valence-electron chi connectivity index (χ2n) is 3.42. The van der Waals surface area contributed by atoms with Gasteiger partial charge in [-0.05, 0) is 22.9 Å². The highest BCUT2D eigenvalue weighted by molar-refractivity contribution is 5.83. The van der Waals surface area contributed by atoms with Gasteiger partial charge in [-0.1, -0.05) is 30.3 Å². The highest BCUT2D eigenvalue weighted by Crippen LogP contribution is 2.25. The molecule has 0 amide bonds. The van der Waals surface area contributed by atoms with Gasteiger partial charge < -0.3 is 4.74 Å². The minimum absolute atomic E-state index is 0.182. The minimum Gasteiger partial charge on any atom is -0.433 e. The Hall–Kier alpha value is -1.64. The summed E-state index contributed by atoms with van der Waals surface area (Å²) >= 11 is 0. The Balaban J connectivity index is 2.39. The van der Waals surface area contributed by atoms with Gasteiger partial charge in [0.05, 0.1) is 0 Å². The molecule has 0 aliphatic carbocycles. The molecule has 2 aromatic rings. The number of fused-ring (bicyclic) bond motifs is 1. The second-order valence-corrected chi connectivity index (χ2v) is 3.42. The van der Waals surface area contributed by atoms with E-state index in [1.54, 1.807) is 18.2 Å². The van der Waals surface area contributed by atoms with Crippen LogP contribution < -0.4 is 4.74 Å². The summed E-state index contributed by atoms with van der Waals surface area (Å²) in [5, 5.41) is 1.89. The Morgan fingerprint density at radius 3 is 2.33 bits per heavy atom. The van der Waals surface area contributed by atoms with Gasteiger partial charge in [0.1, 0.15) is 5.75 Å². The van der Waals surface area contributed by atoms with Gasteiger partial charge in [-0.25, -0.2) is 0 Å². The zero-order chi connectivity index (χ0) is 10.9. The van der Waals surface area contributed by atoms with Crippen molar-refractivity contribution in [2.75, 3.05) is 0 Å². The second kappa shape index (κ2) is 3.50. The van der Waals surface area contributed by atoms with E-state index in [9.17, 15) is 8.78 Å². The summed E-state index contributed by atoms with van der Waals surface area (Å²) in [5.74, 6) is 0.182. The van der Waals surface area contributed by atoms with Crippen molar-refractivity contribution >= 4 is 10.8 Å². The van der Waals surface area contributed by atoms with Crippen molar-refractivity contribution in [1.29, 1.82) is 0 Å². The monoisotopic (exact) mass is 208 g/mol. The molecule has 0 saturated carbocycles. The SMILES string of the molecule is CC(F)(F)Oc1ccc2ccccc2c1. The Labute approximate surface area is 86.3 Å². The Morgan fingerprint density at radius 1 is 1.00 bits per heavy atom. The van der Waals surface area contributed by atoms with E-state index in [2.05, 4.69) is 4.74 Å². The van der Waals surface area contributed by atoms with Crippen LogP contribution in [0, 0.1) is 0 Å². The lowest BCUT2D eigenvalue weighted by Gasteiger charge is -2.13. The first-order valence-corrected chi connectivity index (χ1v) is 4.60. The number of alkyl halides is 2. The molecule has 15 heavy (non-hydrogen) atoms. The number of rotatable bonds is 2. The zero-order valence-corrected chi connectivity index (χ0v) is 8.21. The fraction of sp³-hybridized carbons (Fsp3) is 0.167. The van der Waals surface area contributed by atoms with Crippen molar-refractivity contribution in [1.82, 2.24) is 0 Å². The van der Waals surface area contributed by atoms with Crippen LogP contribution in [-0.2, 0) is 0 Å². The van der Waals surface area contributed by atoms with Crippen LogP contribution in [0.2, 0.25) is 0 Å². The van der Waals surface area contributed by atoms with Crippen molar-refractivity contribution in [3.05, 3.63) is 42.5 Å². The summed E-state index contributed by atoms with van der Waals surface area (Å²) in [6.07, 6.45) is -3.14. The molecule has 2 aromatic carbocycles. The number of hydrogen-bond acceptors (Lipinski definition) is 1. The smallest absolute Gasteiger partial charge is 0.394 e. The van der Waals surface area contributed by atoms with Crippen LogP contribution in [0.25, 0.3) is 10.8 Å². The molecule has 0 spiro atoms. The van der Waals surface area contributed by atoms with Crippen LogP contribution >= 0.6 is 0 Å². The first kappa shape index (κ1) is 9.90. The van der Waals surface area contributed by atoms with Crippen molar-refractivity contribution in [3.63, 3.8) is 0 Å². The molecule has 3 heteroatoms. The van der Waals surface area contributed by atoms with E-state index in [1.165, 1.54) is 0 Å². The van der Waals surface area contributed by atoms with Crippen LogP contribution in [0.15, 0.2) is 42.5 Å². The van der Waals surface area contributed by atoms with Gasteiger partial charge in [-0.2, -0.15) is 8.78 Å². The van der Waals surface area contributed by atoms with Gasteiger partial charge in [-0.15, -0.1) is 0 Å². The normalized spacial score (nSPS) is 11.7. The number of hydrogen-bond donors (Lipinski definition) is 0. The lowest BCUT2D eigenvalue weighted by Crippen LogP contribution is -2.18. The molecule has 0 saturated heterocycles. The third-order valence-electron chi connectivity index (χ3n) is 2.02. The maximum Gasteiger partial charge on any atom is 0.394 e. The molecular weight excluding hydrogens is 198 g/mol. The predicted molar refractivity (Wildman–Crippen MR) is 55.2 cm³/mol. The summed E-state index contributed by atoms with van der Waals surface area (Å²) in [6, 6.07) is 12.4. The fourth-order valence-corrected chi connectivity index (χ4v) is 1.44. The van der Waals surface area contributed by atoms with E-state index in [0.717, 1.165) is 17.7 Å². The molecule has 0 aliphatic heterocycles. The van der Waals surface area contributed by atoms with Crippen LogP contribution in [0.3, 0.4) is 0 Å². The maximum atomic E-state index is 12.6. The first-order chi connectivity index (χ1) is 7.04. The van der Waals surface area contributed by atoms with Gasteiger partial charge in [0.2, 0.25) is 0 Å². The van der Waals surface area contributed by atoms with E-state index in [4.69, 9.17) is 0 Å². The topological polar surface area (TPSA) is 9.23 Å². The van der Waals surface area contributed by atoms with Gasteiger partial charge in [0, 0.05) is 6.92 Å². The largest absolute Gasteiger partial charge is 0.433 e. The molecule has 2 rings (SSSR count). The van der Waals surface area contributed by atoms with Gasteiger partial charge in [0.15, 0.2) is 0 Å². The van der Waals surface area contributed by atoms with E-state index in [-0.39, 0.29) is 5.75 Å². The molecule has 0 aliphatic rings.